The van der Waals surface area contributed by atoms with Crippen molar-refractivity contribution in [3.63, 3.8) is 0 Å². The van der Waals surface area contributed by atoms with Gasteiger partial charge in [0.1, 0.15) is 5.75 Å². The standard InChI is InChI=1S/C15H25NO/c1-4-13(2)15(3,16)11-8-12-17-14-9-6-5-7-10-14/h5-7,9-10,13H,4,8,11-12,16H2,1-3H3. The Kier molecular flexibility index (Phi) is 5.49. The van der Waals surface area contributed by atoms with Crippen molar-refractivity contribution in [2.45, 2.75) is 45.6 Å². The zero-order valence-corrected chi connectivity index (χ0v) is 11.3. The lowest BCUT2D eigenvalue weighted by Crippen LogP contribution is -2.42. The highest BCUT2D eigenvalue weighted by Gasteiger charge is 2.24. The predicted molar refractivity (Wildman–Crippen MR) is 73.2 cm³/mol. The minimum Gasteiger partial charge on any atom is -0.494 e. The molecule has 0 heterocycles. The van der Waals surface area contributed by atoms with Gasteiger partial charge in [0, 0.05) is 5.54 Å². The first-order valence-corrected chi connectivity index (χ1v) is 6.53. The molecule has 1 aromatic carbocycles. The van der Waals surface area contributed by atoms with Gasteiger partial charge in [0.2, 0.25) is 0 Å². The second-order valence-corrected chi connectivity index (χ2v) is 5.08. The largest absolute Gasteiger partial charge is 0.494 e. The summed E-state index contributed by atoms with van der Waals surface area (Å²) in [6.07, 6.45) is 3.15. The molecule has 1 rings (SSSR count). The van der Waals surface area contributed by atoms with Crippen molar-refractivity contribution >= 4 is 0 Å². The molecular formula is C15H25NO. The molecule has 0 saturated carbocycles. The highest BCUT2D eigenvalue weighted by atomic mass is 16.5. The van der Waals surface area contributed by atoms with Gasteiger partial charge in [-0.1, -0.05) is 38.5 Å². The van der Waals surface area contributed by atoms with Gasteiger partial charge in [-0.2, -0.15) is 0 Å². The third-order valence-corrected chi connectivity index (χ3v) is 3.61. The molecule has 2 unspecified atom stereocenters. The van der Waals surface area contributed by atoms with Crippen molar-refractivity contribution in [3.8, 4) is 5.75 Å². The minimum absolute atomic E-state index is 0.0746. The summed E-state index contributed by atoms with van der Waals surface area (Å²) in [5.41, 5.74) is 6.22. The molecule has 0 aliphatic heterocycles. The van der Waals surface area contributed by atoms with Crippen molar-refractivity contribution in [1.82, 2.24) is 0 Å². The number of benzene rings is 1. The Hall–Kier alpha value is -1.02. The molecule has 0 aliphatic rings. The van der Waals surface area contributed by atoms with Crippen LogP contribution >= 0.6 is 0 Å². The van der Waals surface area contributed by atoms with E-state index < -0.39 is 0 Å². The zero-order valence-electron chi connectivity index (χ0n) is 11.3. The van der Waals surface area contributed by atoms with Crippen LogP contribution in [0.15, 0.2) is 30.3 Å². The summed E-state index contributed by atoms with van der Waals surface area (Å²) in [7, 11) is 0. The Morgan fingerprint density at radius 2 is 1.94 bits per heavy atom. The van der Waals surface area contributed by atoms with Crippen LogP contribution in [0.25, 0.3) is 0 Å². The van der Waals surface area contributed by atoms with Gasteiger partial charge in [-0.3, -0.25) is 0 Å². The van der Waals surface area contributed by atoms with Gasteiger partial charge in [-0.15, -0.1) is 0 Å². The fourth-order valence-corrected chi connectivity index (χ4v) is 1.87. The molecule has 1 aromatic rings. The summed E-state index contributed by atoms with van der Waals surface area (Å²) >= 11 is 0. The monoisotopic (exact) mass is 235 g/mol. The molecule has 2 atom stereocenters. The maximum absolute atomic E-state index is 6.29. The van der Waals surface area contributed by atoms with E-state index in [1.165, 1.54) is 0 Å². The molecule has 0 fully saturated rings. The molecule has 0 bridgehead atoms. The van der Waals surface area contributed by atoms with Crippen molar-refractivity contribution in [1.29, 1.82) is 0 Å². The molecule has 17 heavy (non-hydrogen) atoms. The number of nitrogens with two attached hydrogens (primary N) is 1. The van der Waals surface area contributed by atoms with Crippen LogP contribution in [-0.2, 0) is 0 Å². The molecule has 0 aromatic heterocycles. The Morgan fingerprint density at radius 3 is 2.53 bits per heavy atom. The van der Waals surface area contributed by atoms with Crippen molar-refractivity contribution < 1.29 is 4.74 Å². The Labute approximate surface area is 105 Å². The second kappa shape index (κ2) is 6.65. The van der Waals surface area contributed by atoms with Crippen LogP contribution in [-0.4, -0.2) is 12.1 Å². The maximum Gasteiger partial charge on any atom is 0.119 e. The van der Waals surface area contributed by atoms with Crippen molar-refractivity contribution in [2.75, 3.05) is 6.61 Å². The van der Waals surface area contributed by atoms with Gasteiger partial charge in [-0.25, -0.2) is 0 Å². The summed E-state index contributed by atoms with van der Waals surface area (Å²) in [4.78, 5) is 0. The van der Waals surface area contributed by atoms with Gasteiger partial charge < -0.3 is 10.5 Å². The molecule has 96 valence electrons. The second-order valence-electron chi connectivity index (χ2n) is 5.08. The van der Waals surface area contributed by atoms with Crippen LogP contribution in [0.5, 0.6) is 5.75 Å². The molecular weight excluding hydrogens is 210 g/mol. The lowest BCUT2D eigenvalue weighted by molar-refractivity contribution is 0.243. The number of hydrogen-bond donors (Lipinski definition) is 1. The highest BCUT2D eigenvalue weighted by molar-refractivity contribution is 5.20. The third kappa shape index (κ3) is 4.78. The maximum atomic E-state index is 6.29. The van der Waals surface area contributed by atoms with Crippen LogP contribution in [0.3, 0.4) is 0 Å². The number of rotatable bonds is 7. The topological polar surface area (TPSA) is 35.2 Å². The predicted octanol–water partition coefficient (Wildman–Crippen LogP) is 3.61. The summed E-state index contributed by atoms with van der Waals surface area (Å²) in [6, 6.07) is 9.93. The van der Waals surface area contributed by atoms with E-state index in [1.807, 2.05) is 30.3 Å². The van der Waals surface area contributed by atoms with Crippen molar-refractivity contribution in [3.05, 3.63) is 30.3 Å². The molecule has 2 heteroatoms. The lowest BCUT2D eigenvalue weighted by atomic mass is 9.82. The average molecular weight is 235 g/mol. The summed E-state index contributed by atoms with van der Waals surface area (Å²) in [5.74, 6) is 1.49. The number of para-hydroxylation sites is 1. The summed E-state index contributed by atoms with van der Waals surface area (Å²) in [5, 5.41) is 0. The molecule has 0 amide bonds. The van der Waals surface area contributed by atoms with Gasteiger partial charge in [0.15, 0.2) is 0 Å². The van der Waals surface area contributed by atoms with E-state index in [2.05, 4.69) is 20.8 Å². The smallest absolute Gasteiger partial charge is 0.119 e. The van der Waals surface area contributed by atoms with E-state index in [1.54, 1.807) is 0 Å². The van der Waals surface area contributed by atoms with E-state index in [4.69, 9.17) is 10.5 Å². The molecule has 0 spiro atoms. The van der Waals surface area contributed by atoms with Crippen LogP contribution in [0.1, 0.15) is 40.0 Å². The third-order valence-electron chi connectivity index (χ3n) is 3.61. The molecule has 0 radical (unpaired) electrons. The fourth-order valence-electron chi connectivity index (χ4n) is 1.87. The minimum atomic E-state index is -0.0746. The van der Waals surface area contributed by atoms with Gasteiger partial charge >= 0.3 is 0 Å². The Bertz CT molecular complexity index is 308. The van der Waals surface area contributed by atoms with Gasteiger partial charge in [0.25, 0.3) is 0 Å². The van der Waals surface area contributed by atoms with E-state index in [0.29, 0.717) is 5.92 Å². The van der Waals surface area contributed by atoms with E-state index in [9.17, 15) is 0 Å². The Morgan fingerprint density at radius 1 is 1.29 bits per heavy atom. The lowest BCUT2D eigenvalue weighted by Gasteiger charge is -2.31. The first-order valence-electron chi connectivity index (χ1n) is 6.53. The number of ether oxygens (including phenoxy) is 1. The van der Waals surface area contributed by atoms with Gasteiger partial charge in [0.05, 0.1) is 6.61 Å². The van der Waals surface area contributed by atoms with Crippen molar-refractivity contribution in [2.24, 2.45) is 11.7 Å². The van der Waals surface area contributed by atoms with Crippen LogP contribution < -0.4 is 10.5 Å². The Balaban J connectivity index is 2.24. The van der Waals surface area contributed by atoms with E-state index in [-0.39, 0.29) is 5.54 Å². The number of hydrogen-bond acceptors (Lipinski definition) is 2. The summed E-state index contributed by atoms with van der Waals surface area (Å²) in [6.45, 7) is 7.30. The highest BCUT2D eigenvalue weighted by Crippen LogP contribution is 2.22. The molecule has 2 nitrogen and oxygen atoms in total. The first-order chi connectivity index (χ1) is 8.06. The van der Waals surface area contributed by atoms with Crippen LogP contribution in [0, 0.1) is 5.92 Å². The van der Waals surface area contributed by atoms with E-state index >= 15 is 0 Å². The van der Waals surface area contributed by atoms with Gasteiger partial charge in [-0.05, 0) is 37.8 Å². The molecule has 0 saturated heterocycles. The first kappa shape index (κ1) is 14.0. The van der Waals surface area contributed by atoms with E-state index in [0.717, 1.165) is 31.6 Å². The SMILES string of the molecule is CCC(C)C(C)(N)CCCOc1ccccc1. The average Bonchev–Trinajstić information content (AvgIpc) is 2.35. The molecule has 2 N–H and O–H groups in total. The molecule has 0 aliphatic carbocycles. The van der Waals surface area contributed by atoms with Crippen LogP contribution in [0.2, 0.25) is 0 Å². The normalized spacial score (nSPS) is 16.2. The summed E-state index contributed by atoms with van der Waals surface area (Å²) < 4.78 is 5.66. The zero-order chi connectivity index (χ0) is 12.7. The fraction of sp³-hybridized carbons (Fsp3) is 0.600. The van der Waals surface area contributed by atoms with Crippen LogP contribution in [0.4, 0.5) is 0 Å². The quantitative estimate of drug-likeness (QED) is 0.733.